The van der Waals surface area contributed by atoms with E-state index in [1.807, 2.05) is 0 Å². The van der Waals surface area contributed by atoms with E-state index in [2.05, 4.69) is 20.8 Å². The normalized spacial score (nSPS) is 43.2. The molecule has 3 aliphatic carbocycles. The van der Waals surface area contributed by atoms with Crippen LogP contribution in [0.2, 0.25) is 0 Å². The quantitative estimate of drug-likeness (QED) is 0.797. The van der Waals surface area contributed by atoms with E-state index in [4.69, 9.17) is 0 Å². The Kier molecular flexibility index (Phi) is 4.09. The van der Waals surface area contributed by atoms with Crippen LogP contribution in [-0.2, 0) is 4.79 Å². The van der Waals surface area contributed by atoms with Gasteiger partial charge < -0.3 is 5.11 Å². The number of hydrogen-bond donors (Lipinski definition) is 1. The van der Waals surface area contributed by atoms with Gasteiger partial charge >= 0.3 is 5.97 Å². The molecule has 3 fully saturated rings. The highest BCUT2D eigenvalue weighted by Gasteiger charge is 2.44. The Morgan fingerprint density at radius 1 is 1.00 bits per heavy atom. The van der Waals surface area contributed by atoms with E-state index >= 15 is 0 Å². The summed E-state index contributed by atoms with van der Waals surface area (Å²) in [6.45, 7) is 6.98. The average molecular weight is 292 g/mol. The first kappa shape index (κ1) is 15.4. The minimum Gasteiger partial charge on any atom is -0.481 e. The lowest BCUT2D eigenvalue weighted by Crippen LogP contribution is -2.36. The fraction of sp³-hybridized carbons (Fsp3) is 0.947. The van der Waals surface area contributed by atoms with Crippen LogP contribution in [0.3, 0.4) is 0 Å². The lowest BCUT2D eigenvalue weighted by atomic mass is 9.63. The Hall–Kier alpha value is -0.530. The molecule has 0 heterocycles. The second kappa shape index (κ2) is 5.59. The second-order valence-electron chi connectivity index (χ2n) is 9.25. The van der Waals surface area contributed by atoms with Crippen molar-refractivity contribution in [2.24, 2.45) is 40.9 Å². The summed E-state index contributed by atoms with van der Waals surface area (Å²) in [4.78, 5) is 11.7. The highest BCUT2D eigenvalue weighted by Crippen LogP contribution is 2.53. The molecule has 0 aliphatic heterocycles. The van der Waals surface area contributed by atoms with Gasteiger partial charge in [-0.05, 0) is 80.0 Å². The van der Waals surface area contributed by atoms with Crippen molar-refractivity contribution in [3.8, 4) is 0 Å². The zero-order chi connectivity index (χ0) is 15.2. The minimum atomic E-state index is -0.532. The molecule has 3 saturated carbocycles. The summed E-state index contributed by atoms with van der Waals surface area (Å²) in [6, 6.07) is 0. The first-order valence-corrected chi connectivity index (χ1v) is 9.07. The summed E-state index contributed by atoms with van der Waals surface area (Å²) in [5.74, 6) is 3.29. The van der Waals surface area contributed by atoms with Gasteiger partial charge in [-0.1, -0.05) is 27.2 Å². The van der Waals surface area contributed by atoms with E-state index in [-0.39, 0.29) is 5.92 Å². The predicted molar refractivity (Wildman–Crippen MR) is 85.0 cm³/mol. The third-order valence-electron chi connectivity index (χ3n) is 7.01. The van der Waals surface area contributed by atoms with Crippen LogP contribution in [0.5, 0.6) is 0 Å². The van der Waals surface area contributed by atoms with Crippen LogP contribution < -0.4 is 0 Å². The number of carbonyl (C=O) groups is 1. The molecule has 0 amide bonds. The molecule has 0 aromatic heterocycles. The van der Waals surface area contributed by atoms with Gasteiger partial charge in [0.15, 0.2) is 0 Å². The van der Waals surface area contributed by atoms with E-state index in [9.17, 15) is 9.90 Å². The highest BCUT2D eigenvalue weighted by atomic mass is 16.4. The average Bonchev–Trinajstić information content (AvgIpc) is 2.99. The maximum atomic E-state index is 11.7. The molecule has 0 aromatic carbocycles. The van der Waals surface area contributed by atoms with E-state index < -0.39 is 5.97 Å². The molecule has 21 heavy (non-hydrogen) atoms. The van der Waals surface area contributed by atoms with Crippen LogP contribution >= 0.6 is 0 Å². The SMILES string of the molecule is CC(C)(C)C1CCC(C(=O)O)C(CC2CC3CCC2C3)C1. The third-order valence-corrected chi connectivity index (χ3v) is 7.01. The van der Waals surface area contributed by atoms with E-state index in [1.54, 1.807) is 0 Å². The van der Waals surface area contributed by atoms with Gasteiger partial charge in [-0.25, -0.2) is 0 Å². The predicted octanol–water partition coefficient (Wildman–Crippen LogP) is 4.98. The van der Waals surface area contributed by atoms with Gasteiger partial charge in [-0.3, -0.25) is 4.79 Å². The Morgan fingerprint density at radius 2 is 1.76 bits per heavy atom. The summed E-state index contributed by atoms with van der Waals surface area (Å²) in [5.41, 5.74) is 0.330. The molecule has 3 rings (SSSR count). The summed E-state index contributed by atoms with van der Waals surface area (Å²) < 4.78 is 0. The molecule has 2 bridgehead atoms. The molecule has 0 aromatic rings. The number of aliphatic carboxylic acids is 1. The van der Waals surface area contributed by atoms with Crippen LogP contribution in [0.15, 0.2) is 0 Å². The number of hydrogen-bond acceptors (Lipinski definition) is 1. The Morgan fingerprint density at radius 3 is 2.29 bits per heavy atom. The highest BCUT2D eigenvalue weighted by molar-refractivity contribution is 5.70. The van der Waals surface area contributed by atoms with E-state index in [0.29, 0.717) is 17.3 Å². The lowest BCUT2D eigenvalue weighted by Gasteiger charge is -2.42. The van der Waals surface area contributed by atoms with Crippen molar-refractivity contribution < 1.29 is 9.90 Å². The van der Waals surface area contributed by atoms with Crippen molar-refractivity contribution in [1.82, 2.24) is 0 Å². The first-order valence-electron chi connectivity index (χ1n) is 9.07. The molecular formula is C19H32O2. The number of rotatable bonds is 3. The number of fused-ring (bicyclic) bond motifs is 2. The Bertz CT molecular complexity index is 395. The zero-order valence-corrected chi connectivity index (χ0v) is 14.0. The Balaban J connectivity index is 1.67. The summed E-state index contributed by atoms with van der Waals surface area (Å²) >= 11 is 0. The van der Waals surface area contributed by atoms with Crippen molar-refractivity contribution in [3.63, 3.8) is 0 Å². The second-order valence-corrected chi connectivity index (χ2v) is 9.25. The van der Waals surface area contributed by atoms with Crippen molar-refractivity contribution in [1.29, 1.82) is 0 Å². The lowest BCUT2D eigenvalue weighted by molar-refractivity contribution is -0.146. The summed E-state index contributed by atoms with van der Waals surface area (Å²) in [7, 11) is 0. The monoisotopic (exact) mass is 292 g/mol. The largest absolute Gasteiger partial charge is 0.481 e. The first-order chi connectivity index (χ1) is 9.84. The maximum Gasteiger partial charge on any atom is 0.306 e. The van der Waals surface area contributed by atoms with Crippen LogP contribution in [-0.4, -0.2) is 11.1 Å². The number of carboxylic acids is 1. The van der Waals surface area contributed by atoms with E-state index in [0.717, 1.165) is 37.0 Å². The molecule has 120 valence electrons. The fourth-order valence-corrected chi connectivity index (χ4v) is 5.69. The van der Waals surface area contributed by atoms with Crippen LogP contribution in [0.25, 0.3) is 0 Å². The molecule has 0 radical (unpaired) electrons. The standard InChI is InChI=1S/C19H32O2/c1-19(2,3)16-6-7-17(18(20)21)15(11-16)10-14-9-12-4-5-13(14)8-12/h12-17H,4-11H2,1-3H3,(H,20,21). The minimum absolute atomic E-state index is 0.0669. The number of carboxylic acid groups (broad SMARTS) is 1. The molecule has 2 heteroatoms. The van der Waals surface area contributed by atoms with Crippen LogP contribution in [0, 0.1) is 40.9 Å². The molecule has 0 saturated heterocycles. The topological polar surface area (TPSA) is 37.3 Å². The molecule has 1 N–H and O–H groups in total. The van der Waals surface area contributed by atoms with Gasteiger partial charge in [0, 0.05) is 0 Å². The molecule has 2 nitrogen and oxygen atoms in total. The van der Waals surface area contributed by atoms with Crippen LogP contribution in [0.1, 0.15) is 72.1 Å². The molecule has 6 unspecified atom stereocenters. The maximum absolute atomic E-state index is 11.7. The fourth-order valence-electron chi connectivity index (χ4n) is 5.69. The van der Waals surface area contributed by atoms with Gasteiger partial charge in [0.2, 0.25) is 0 Å². The van der Waals surface area contributed by atoms with Gasteiger partial charge in [0.25, 0.3) is 0 Å². The molecule has 6 atom stereocenters. The van der Waals surface area contributed by atoms with Crippen LogP contribution in [0.4, 0.5) is 0 Å². The van der Waals surface area contributed by atoms with Crippen molar-refractivity contribution in [3.05, 3.63) is 0 Å². The molecule has 0 spiro atoms. The van der Waals surface area contributed by atoms with Gasteiger partial charge in [0.1, 0.15) is 0 Å². The summed E-state index contributed by atoms with van der Waals surface area (Å²) in [5, 5.41) is 9.60. The van der Waals surface area contributed by atoms with Gasteiger partial charge in [0.05, 0.1) is 5.92 Å². The zero-order valence-electron chi connectivity index (χ0n) is 14.0. The van der Waals surface area contributed by atoms with Crippen molar-refractivity contribution in [2.75, 3.05) is 0 Å². The van der Waals surface area contributed by atoms with E-state index in [1.165, 1.54) is 32.1 Å². The Labute approximate surface area is 129 Å². The van der Waals surface area contributed by atoms with Gasteiger partial charge in [-0.2, -0.15) is 0 Å². The third kappa shape index (κ3) is 3.14. The van der Waals surface area contributed by atoms with Crippen molar-refractivity contribution >= 4 is 5.97 Å². The summed E-state index contributed by atoms with van der Waals surface area (Å²) in [6.07, 6.45) is 10.1. The van der Waals surface area contributed by atoms with Gasteiger partial charge in [-0.15, -0.1) is 0 Å². The smallest absolute Gasteiger partial charge is 0.306 e. The molecule has 3 aliphatic rings. The van der Waals surface area contributed by atoms with Crippen molar-refractivity contribution in [2.45, 2.75) is 72.1 Å². The molecular weight excluding hydrogens is 260 g/mol.